The molecule has 1 N–H and O–H groups in total. The fourth-order valence-electron chi connectivity index (χ4n) is 4.87. The number of rotatable bonds is 5. The Hall–Kier alpha value is -3.51. The Kier molecular flexibility index (Phi) is 5.68. The molecule has 5 rings (SSSR count). The summed E-state index contributed by atoms with van der Waals surface area (Å²) >= 11 is 5.86. The molecule has 2 atom stereocenters. The minimum Gasteiger partial charge on any atom is -0.352 e. The molecule has 0 bridgehead atoms. The van der Waals surface area contributed by atoms with Crippen LogP contribution in [0.25, 0.3) is 5.69 Å². The van der Waals surface area contributed by atoms with E-state index in [9.17, 15) is 0 Å². The van der Waals surface area contributed by atoms with Crippen molar-refractivity contribution in [2.75, 3.05) is 0 Å². The minimum atomic E-state index is -0.0358. The molecule has 0 aliphatic carbocycles. The minimum absolute atomic E-state index is 0.0181. The van der Waals surface area contributed by atoms with Crippen LogP contribution in [0.3, 0.4) is 0 Å². The molecular weight excluding hydrogens is 426 g/mol. The molecule has 5 nitrogen and oxygen atoms in total. The summed E-state index contributed by atoms with van der Waals surface area (Å²) in [6.07, 6.45) is 5.51. The fraction of sp³-hybridized carbons (Fsp3) is 0.222. The summed E-state index contributed by atoms with van der Waals surface area (Å²) in [5.41, 5.74) is 8.31. The third kappa shape index (κ3) is 3.91. The summed E-state index contributed by atoms with van der Waals surface area (Å²) in [4.78, 5) is 11.1. The van der Waals surface area contributed by atoms with Crippen molar-refractivity contribution >= 4 is 17.3 Å². The zero-order valence-corrected chi connectivity index (χ0v) is 19.9. The molecule has 1 aliphatic rings. The molecule has 1 aromatic carbocycles. The molecular formula is C27H27N5S. The van der Waals surface area contributed by atoms with Crippen molar-refractivity contribution < 1.29 is 0 Å². The molecule has 33 heavy (non-hydrogen) atoms. The average molecular weight is 454 g/mol. The van der Waals surface area contributed by atoms with E-state index in [1.807, 2.05) is 42.9 Å². The van der Waals surface area contributed by atoms with Crippen LogP contribution in [0.2, 0.25) is 0 Å². The van der Waals surface area contributed by atoms with Gasteiger partial charge in [-0.1, -0.05) is 24.3 Å². The van der Waals surface area contributed by atoms with Crippen LogP contribution in [0.5, 0.6) is 0 Å². The number of aryl methyl sites for hydroxylation is 2. The van der Waals surface area contributed by atoms with Gasteiger partial charge in [-0.05, 0) is 86.1 Å². The summed E-state index contributed by atoms with van der Waals surface area (Å²) in [6, 6.07) is 21.0. The van der Waals surface area contributed by atoms with Crippen molar-refractivity contribution in [1.29, 1.82) is 0 Å². The highest BCUT2D eigenvalue weighted by Gasteiger charge is 2.41. The van der Waals surface area contributed by atoms with Gasteiger partial charge in [0.05, 0.1) is 17.8 Å². The number of para-hydroxylation sites is 1. The predicted molar refractivity (Wildman–Crippen MR) is 135 cm³/mol. The van der Waals surface area contributed by atoms with Crippen LogP contribution in [0.1, 0.15) is 45.9 Å². The molecule has 6 heteroatoms. The number of benzene rings is 1. The van der Waals surface area contributed by atoms with Gasteiger partial charge in [0.1, 0.15) is 0 Å². The molecule has 4 aromatic rings. The van der Waals surface area contributed by atoms with Crippen molar-refractivity contribution in [3.63, 3.8) is 0 Å². The van der Waals surface area contributed by atoms with E-state index in [0.29, 0.717) is 6.54 Å². The lowest BCUT2D eigenvalue weighted by Gasteiger charge is -2.28. The first-order chi connectivity index (χ1) is 16.0. The number of hydrogen-bond donors (Lipinski definition) is 1. The van der Waals surface area contributed by atoms with E-state index in [1.54, 1.807) is 0 Å². The maximum absolute atomic E-state index is 5.86. The summed E-state index contributed by atoms with van der Waals surface area (Å²) in [5.74, 6) is 0. The lowest BCUT2D eigenvalue weighted by atomic mass is 9.96. The number of thiocarbonyl (C=S) groups is 1. The first-order valence-electron chi connectivity index (χ1n) is 11.2. The molecule has 0 spiro atoms. The van der Waals surface area contributed by atoms with Crippen LogP contribution in [0.15, 0.2) is 79.3 Å². The van der Waals surface area contributed by atoms with Gasteiger partial charge < -0.3 is 14.8 Å². The van der Waals surface area contributed by atoms with Crippen LogP contribution in [0.4, 0.5) is 0 Å². The van der Waals surface area contributed by atoms with Gasteiger partial charge in [0.25, 0.3) is 0 Å². The van der Waals surface area contributed by atoms with E-state index in [1.165, 1.54) is 33.8 Å². The molecule has 4 heterocycles. The third-order valence-corrected chi connectivity index (χ3v) is 6.80. The highest BCUT2D eigenvalue weighted by atomic mass is 32.1. The number of pyridine rings is 2. The lowest BCUT2D eigenvalue weighted by molar-refractivity contribution is 0.310. The summed E-state index contributed by atoms with van der Waals surface area (Å²) in [5, 5.41) is 4.31. The van der Waals surface area contributed by atoms with Crippen molar-refractivity contribution in [2.24, 2.45) is 0 Å². The number of hydrogen-bond acceptors (Lipinski definition) is 3. The fourth-order valence-corrected chi connectivity index (χ4v) is 5.18. The summed E-state index contributed by atoms with van der Waals surface area (Å²) in [7, 11) is 0. The Bertz CT molecular complexity index is 1280. The zero-order valence-electron chi connectivity index (χ0n) is 19.1. The second-order valence-corrected chi connectivity index (χ2v) is 8.95. The van der Waals surface area contributed by atoms with Crippen molar-refractivity contribution in [1.82, 2.24) is 24.8 Å². The molecule has 0 amide bonds. The standard InChI is InChI=1S/C27H27N5S/c1-18-8-4-5-10-24(18)32-19(2)16-22(20(32)3)26-25(23-9-6-7-13-29-23)30-27(33)31(26)17-21-11-14-28-15-12-21/h4-16,25-26H,17H2,1-3H3,(H,30,33). The molecule has 0 radical (unpaired) electrons. The van der Waals surface area contributed by atoms with Crippen molar-refractivity contribution in [3.05, 3.63) is 113 Å². The Labute approximate surface area is 200 Å². The van der Waals surface area contributed by atoms with Gasteiger partial charge >= 0.3 is 0 Å². The SMILES string of the molecule is Cc1ccccc1-n1c(C)cc(C2C(c3ccccn3)NC(=S)N2Cc2ccncc2)c1C. The Morgan fingerprint density at radius 1 is 0.939 bits per heavy atom. The summed E-state index contributed by atoms with van der Waals surface area (Å²) in [6.45, 7) is 7.24. The van der Waals surface area contributed by atoms with Crippen molar-refractivity contribution in [2.45, 2.75) is 39.4 Å². The van der Waals surface area contributed by atoms with Crippen LogP contribution >= 0.6 is 12.2 Å². The van der Waals surface area contributed by atoms with E-state index in [0.717, 1.165) is 10.8 Å². The molecule has 1 saturated heterocycles. The monoisotopic (exact) mass is 453 g/mol. The molecule has 0 saturated carbocycles. The van der Waals surface area contributed by atoms with Gasteiger partial charge in [-0.25, -0.2) is 0 Å². The highest BCUT2D eigenvalue weighted by molar-refractivity contribution is 7.80. The molecule has 3 aromatic heterocycles. The largest absolute Gasteiger partial charge is 0.352 e. The molecule has 2 unspecified atom stereocenters. The van der Waals surface area contributed by atoms with Gasteiger partial charge in [-0.15, -0.1) is 0 Å². The lowest BCUT2D eigenvalue weighted by Crippen LogP contribution is -2.29. The van der Waals surface area contributed by atoms with E-state index < -0.39 is 0 Å². The molecule has 1 aliphatic heterocycles. The second-order valence-electron chi connectivity index (χ2n) is 8.56. The zero-order chi connectivity index (χ0) is 22.9. The Morgan fingerprint density at radius 2 is 1.70 bits per heavy atom. The summed E-state index contributed by atoms with van der Waals surface area (Å²) < 4.78 is 2.35. The van der Waals surface area contributed by atoms with Gasteiger partial charge in [0.2, 0.25) is 0 Å². The van der Waals surface area contributed by atoms with E-state index in [2.05, 4.69) is 81.9 Å². The third-order valence-electron chi connectivity index (χ3n) is 6.45. The van der Waals surface area contributed by atoms with Crippen LogP contribution in [-0.4, -0.2) is 24.5 Å². The van der Waals surface area contributed by atoms with Gasteiger partial charge in [0, 0.05) is 42.2 Å². The van der Waals surface area contributed by atoms with Gasteiger partial charge in [0.15, 0.2) is 5.11 Å². The second kappa shape index (κ2) is 8.79. The number of nitrogens with one attached hydrogen (secondary N) is 1. The quantitative estimate of drug-likeness (QED) is 0.412. The van der Waals surface area contributed by atoms with E-state index in [-0.39, 0.29) is 12.1 Å². The maximum Gasteiger partial charge on any atom is 0.170 e. The van der Waals surface area contributed by atoms with Crippen LogP contribution in [-0.2, 0) is 6.54 Å². The Balaban J connectivity index is 1.63. The normalized spacial score (nSPS) is 17.9. The van der Waals surface area contributed by atoms with Gasteiger partial charge in [-0.2, -0.15) is 0 Å². The topological polar surface area (TPSA) is 46.0 Å². The predicted octanol–water partition coefficient (Wildman–Crippen LogP) is 5.37. The first-order valence-corrected chi connectivity index (χ1v) is 11.6. The smallest absolute Gasteiger partial charge is 0.170 e. The molecule has 166 valence electrons. The van der Waals surface area contributed by atoms with Gasteiger partial charge in [-0.3, -0.25) is 9.97 Å². The van der Waals surface area contributed by atoms with E-state index >= 15 is 0 Å². The highest BCUT2D eigenvalue weighted by Crippen LogP contribution is 2.42. The number of nitrogens with zero attached hydrogens (tertiary/aromatic N) is 4. The number of aromatic nitrogens is 3. The average Bonchev–Trinajstić information content (AvgIpc) is 3.30. The maximum atomic E-state index is 5.86. The van der Waals surface area contributed by atoms with E-state index in [4.69, 9.17) is 12.2 Å². The Morgan fingerprint density at radius 3 is 2.42 bits per heavy atom. The van der Waals surface area contributed by atoms with Crippen LogP contribution < -0.4 is 5.32 Å². The van der Waals surface area contributed by atoms with Crippen molar-refractivity contribution in [3.8, 4) is 5.69 Å². The first kappa shape index (κ1) is 21.3. The molecule has 1 fully saturated rings. The van der Waals surface area contributed by atoms with Crippen LogP contribution in [0, 0.1) is 20.8 Å².